The molecule has 27 heavy (non-hydrogen) atoms. The van der Waals surface area contributed by atoms with Crippen molar-refractivity contribution in [1.29, 1.82) is 0 Å². The van der Waals surface area contributed by atoms with Crippen LogP contribution in [0.15, 0.2) is 9.29 Å². The topological polar surface area (TPSA) is 69.6 Å². The maximum Gasteiger partial charge on any atom is 0.287 e. The fraction of sp³-hybridized carbons (Fsp3) is 0.588. The molecule has 1 aromatic carbocycles. The van der Waals surface area contributed by atoms with Crippen LogP contribution in [0.1, 0.15) is 38.5 Å². The zero-order chi connectivity index (χ0) is 19.7. The smallest absolute Gasteiger partial charge is 0.287 e. The molecule has 0 aromatic heterocycles. The molecule has 0 aliphatic heterocycles. The maximum atomic E-state index is 13.8. The molecule has 5 rings (SSSR count). The number of hydrogen-bond donors (Lipinski definition) is 0. The third-order valence-electron chi connectivity index (χ3n) is 6.12. The minimum absolute atomic E-state index is 0.271. The van der Waals surface area contributed by atoms with E-state index in [4.69, 9.17) is 0 Å². The highest BCUT2D eigenvalue weighted by atomic mass is 32.2. The molecule has 148 valence electrons. The first-order valence-electron chi connectivity index (χ1n) is 8.58. The second kappa shape index (κ2) is 5.89. The molecule has 0 unspecified atom stereocenters. The van der Waals surface area contributed by atoms with E-state index in [-0.39, 0.29) is 17.8 Å². The molecule has 0 N–H and O–H groups in total. The Morgan fingerprint density at radius 3 is 1.59 bits per heavy atom. The Labute approximate surface area is 152 Å². The number of rotatable bonds is 3. The lowest BCUT2D eigenvalue weighted by Gasteiger charge is -2.58. The Kier molecular flexibility index (Phi) is 4.07. The van der Waals surface area contributed by atoms with Gasteiger partial charge in [-0.3, -0.25) is 0 Å². The van der Waals surface area contributed by atoms with Gasteiger partial charge in [0.2, 0.25) is 5.82 Å². The van der Waals surface area contributed by atoms with Crippen LogP contribution in [0.5, 0.6) is 0 Å². The molecule has 4 aliphatic rings. The van der Waals surface area contributed by atoms with Crippen molar-refractivity contribution in [1.82, 2.24) is 0 Å². The van der Waals surface area contributed by atoms with Crippen molar-refractivity contribution >= 4 is 15.9 Å². The lowest BCUT2D eigenvalue weighted by molar-refractivity contribution is -0.241. The zero-order valence-electron chi connectivity index (χ0n) is 13.9. The highest BCUT2D eigenvalue weighted by Crippen LogP contribution is 2.60. The molecule has 1 aromatic rings. The van der Waals surface area contributed by atoms with Crippen LogP contribution in [0, 0.1) is 52.3 Å². The largest absolute Gasteiger partial charge is 0.861 e. The molecule has 0 atom stereocenters. The van der Waals surface area contributed by atoms with Gasteiger partial charge in [-0.2, -0.15) is 12.8 Å². The van der Waals surface area contributed by atoms with Gasteiger partial charge in [-0.25, -0.2) is 22.0 Å². The molecule has 4 bridgehead atoms. The molecule has 0 heterocycles. The van der Waals surface area contributed by atoms with E-state index in [1.54, 1.807) is 0 Å². The zero-order valence-corrected chi connectivity index (χ0v) is 14.8. The fourth-order valence-electron chi connectivity index (χ4n) is 5.44. The summed E-state index contributed by atoms with van der Waals surface area (Å²) in [5.41, 5.74) is -1.02. The van der Waals surface area contributed by atoms with Crippen LogP contribution >= 0.6 is 0 Å². The average molecular weight is 408 g/mol. The van der Waals surface area contributed by atoms with Gasteiger partial charge in [0.1, 0.15) is 0 Å². The summed E-state index contributed by atoms with van der Waals surface area (Å²) >= 11 is 0. The summed E-state index contributed by atoms with van der Waals surface area (Å²) in [7, 11) is -5.40. The SMILES string of the molecule is O=S(=O)(/N=C(\[O-])C12CC3CC(CC(C3)C1)C2)c1c(F)c(F)c(F)c(F)c1F. The molecule has 4 fully saturated rings. The van der Waals surface area contributed by atoms with Gasteiger partial charge in [-0.05, 0) is 62.2 Å². The predicted octanol–water partition coefficient (Wildman–Crippen LogP) is 3.05. The number of benzene rings is 1. The van der Waals surface area contributed by atoms with Crippen molar-refractivity contribution in [2.45, 2.75) is 43.4 Å². The second-order valence-corrected chi connectivity index (χ2v) is 9.51. The van der Waals surface area contributed by atoms with E-state index in [2.05, 4.69) is 4.40 Å². The lowest BCUT2D eigenvalue weighted by Crippen LogP contribution is -2.53. The Balaban J connectivity index is 1.78. The van der Waals surface area contributed by atoms with Crippen LogP contribution in [-0.4, -0.2) is 14.3 Å². The van der Waals surface area contributed by atoms with Gasteiger partial charge in [0, 0.05) is 5.41 Å². The van der Waals surface area contributed by atoms with Crippen LogP contribution in [0.3, 0.4) is 0 Å². The number of sulfonamides is 1. The summed E-state index contributed by atoms with van der Waals surface area (Å²) in [6.45, 7) is 0. The highest BCUT2D eigenvalue weighted by Gasteiger charge is 2.51. The van der Waals surface area contributed by atoms with Crippen molar-refractivity contribution in [2.75, 3.05) is 0 Å². The molecule has 10 heteroatoms. The summed E-state index contributed by atoms with van der Waals surface area (Å²) < 4.78 is 95.0. The van der Waals surface area contributed by atoms with Gasteiger partial charge in [-0.1, -0.05) is 0 Å². The summed E-state index contributed by atoms with van der Waals surface area (Å²) in [5.74, 6) is -12.6. The first-order chi connectivity index (χ1) is 12.5. The molecule has 4 saturated carbocycles. The van der Waals surface area contributed by atoms with Gasteiger partial charge in [0.25, 0.3) is 10.0 Å². The monoisotopic (exact) mass is 408 g/mol. The van der Waals surface area contributed by atoms with Crippen LogP contribution in [0.2, 0.25) is 0 Å². The molecular weight excluding hydrogens is 393 g/mol. The fourth-order valence-corrected chi connectivity index (χ4v) is 6.57. The Bertz CT molecular complexity index is 896. The Morgan fingerprint density at radius 2 is 1.19 bits per heavy atom. The third kappa shape index (κ3) is 2.75. The van der Waals surface area contributed by atoms with Gasteiger partial charge >= 0.3 is 0 Å². The lowest BCUT2D eigenvalue weighted by atomic mass is 9.49. The van der Waals surface area contributed by atoms with Gasteiger partial charge in [-0.15, -0.1) is 0 Å². The summed E-state index contributed by atoms with van der Waals surface area (Å²) in [5, 5.41) is 12.7. The van der Waals surface area contributed by atoms with Crippen molar-refractivity contribution in [3.63, 3.8) is 0 Å². The number of nitrogens with zero attached hydrogens (tertiary/aromatic N) is 1. The summed E-state index contributed by atoms with van der Waals surface area (Å²) in [6.07, 6.45) is 4.18. The maximum absolute atomic E-state index is 13.8. The minimum Gasteiger partial charge on any atom is -0.861 e. The highest BCUT2D eigenvalue weighted by molar-refractivity contribution is 7.90. The quantitative estimate of drug-likeness (QED) is 0.254. The molecule has 0 radical (unpaired) electrons. The van der Waals surface area contributed by atoms with Crippen LogP contribution in [0.25, 0.3) is 0 Å². The van der Waals surface area contributed by atoms with Gasteiger partial charge in [0.15, 0.2) is 28.2 Å². The van der Waals surface area contributed by atoms with Crippen LogP contribution in [-0.2, 0) is 10.0 Å². The van der Waals surface area contributed by atoms with E-state index in [1.807, 2.05) is 0 Å². The van der Waals surface area contributed by atoms with E-state index < -0.39 is 55.3 Å². The number of hydrogen-bond acceptors (Lipinski definition) is 3. The van der Waals surface area contributed by atoms with Crippen molar-refractivity contribution in [3.8, 4) is 0 Å². The molecule has 4 aliphatic carbocycles. The van der Waals surface area contributed by atoms with E-state index in [9.17, 15) is 35.5 Å². The minimum atomic E-state index is -5.40. The van der Waals surface area contributed by atoms with E-state index in [1.165, 1.54) is 0 Å². The third-order valence-corrected chi connectivity index (χ3v) is 7.40. The predicted molar refractivity (Wildman–Crippen MR) is 81.5 cm³/mol. The van der Waals surface area contributed by atoms with Crippen molar-refractivity contribution in [2.24, 2.45) is 27.6 Å². The number of halogens is 5. The van der Waals surface area contributed by atoms with E-state index in [0.717, 1.165) is 19.3 Å². The van der Waals surface area contributed by atoms with E-state index >= 15 is 0 Å². The standard InChI is InChI=1S/C17H16F5NO3S/c18-10-11(19)13(21)15(14(22)12(10)20)27(25,26)23-16(24)17-4-7-1-8(5-17)3-9(2-7)6-17/h7-9H,1-6H2,(H,23,24)/p-1. The Morgan fingerprint density at radius 1 is 0.815 bits per heavy atom. The summed E-state index contributed by atoms with van der Waals surface area (Å²) in [4.78, 5) is -2.09. The normalized spacial score (nSPS) is 32.9. The van der Waals surface area contributed by atoms with Gasteiger partial charge in [0.05, 0.1) is 0 Å². The summed E-state index contributed by atoms with van der Waals surface area (Å²) in [6, 6.07) is 0. The van der Waals surface area contributed by atoms with Crippen molar-refractivity contribution in [3.05, 3.63) is 29.1 Å². The molecule has 0 spiro atoms. The van der Waals surface area contributed by atoms with Crippen LogP contribution < -0.4 is 5.11 Å². The molecule has 0 saturated heterocycles. The molecule has 0 amide bonds. The average Bonchev–Trinajstić information content (AvgIpc) is 2.56. The first kappa shape index (κ1) is 18.6. The Hall–Kier alpha value is -1.71. The van der Waals surface area contributed by atoms with Crippen molar-refractivity contribution < 1.29 is 35.5 Å². The molecule has 4 nitrogen and oxygen atoms in total. The second-order valence-electron chi connectivity index (χ2n) is 7.97. The first-order valence-corrected chi connectivity index (χ1v) is 10.0. The van der Waals surface area contributed by atoms with Gasteiger partial charge < -0.3 is 5.11 Å². The van der Waals surface area contributed by atoms with Crippen LogP contribution in [0.4, 0.5) is 22.0 Å². The molecular formula is C17H15F5NO3S-. The van der Waals surface area contributed by atoms with E-state index in [0.29, 0.717) is 19.3 Å².